The van der Waals surface area contributed by atoms with E-state index in [0.717, 1.165) is 24.5 Å². The molecular weight excluding hydrogens is 450 g/mol. The van der Waals surface area contributed by atoms with Gasteiger partial charge in [-0.1, -0.05) is 0 Å². The Morgan fingerprint density at radius 1 is 1.03 bits per heavy atom. The van der Waals surface area contributed by atoms with E-state index in [2.05, 4.69) is 20.5 Å². The predicted octanol–water partition coefficient (Wildman–Crippen LogP) is 1.88. The minimum Gasteiger partial charge on any atom is -0.497 e. The van der Waals surface area contributed by atoms with Crippen LogP contribution in [0.15, 0.2) is 53.5 Å². The van der Waals surface area contributed by atoms with Crippen LogP contribution in [0.2, 0.25) is 0 Å². The highest BCUT2D eigenvalue weighted by atomic mass is 16.5. The minimum absolute atomic E-state index is 0.0257. The van der Waals surface area contributed by atoms with Gasteiger partial charge in [0.1, 0.15) is 11.8 Å². The molecule has 0 aromatic heterocycles. The van der Waals surface area contributed by atoms with Crippen molar-refractivity contribution in [2.24, 2.45) is 4.99 Å². The Bertz CT molecular complexity index is 1090. The first-order valence-electron chi connectivity index (χ1n) is 11.6. The fourth-order valence-corrected chi connectivity index (χ4v) is 3.99. The number of esters is 1. The highest BCUT2D eigenvalue weighted by Crippen LogP contribution is 2.21. The van der Waals surface area contributed by atoms with Gasteiger partial charge >= 0.3 is 5.97 Å². The third-order valence-electron chi connectivity index (χ3n) is 5.89. The van der Waals surface area contributed by atoms with Crippen molar-refractivity contribution in [3.05, 3.63) is 54.1 Å². The van der Waals surface area contributed by atoms with Gasteiger partial charge in [0, 0.05) is 37.6 Å². The number of hydrogen-bond donors (Lipinski definition) is 2. The van der Waals surface area contributed by atoms with E-state index in [9.17, 15) is 14.4 Å². The first kappa shape index (κ1) is 24.1. The Morgan fingerprint density at radius 3 is 2.31 bits per heavy atom. The van der Waals surface area contributed by atoms with Crippen molar-refractivity contribution < 1.29 is 23.9 Å². The van der Waals surface area contributed by atoms with Crippen molar-refractivity contribution in [1.82, 2.24) is 10.2 Å². The third kappa shape index (κ3) is 5.89. The zero-order valence-electron chi connectivity index (χ0n) is 19.8. The second-order valence-electron chi connectivity index (χ2n) is 8.18. The van der Waals surface area contributed by atoms with Crippen molar-refractivity contribution in [2.75, 3.05) is 50.1 Å². The van der Waals surface area contributed by atoms with E-state index < -0.39 is 12.0 Å². The summed E-state index contributed by atoms with van der Waals surface area (Å²) in [6.45, 7) is 4.86. The first-order valence-corrected chi connectivity index (χ1v) is 11.6. The zero-order chi connectivity index (χ0) is 24.8. The SMILES string of the molecule is CCOC(=O)c1ccc(NC(=O)[C@H]2CC(=O)NC(N3CCN(c4ccc(OC)cc4)CC3)=N2)cc1. The van der Waals surface area contributed by atoms with E-state index in [0.29, 0.717) is 30.3 Å². The molecule has 2 heterocycles. The standard InChI is InChI=1S/C25H29N5O5/c1-3-35-24(33)17-4-6-18(7-5-17)26-23(32)21-16-22(31)28-25(27-21)30-14-12-29(13-15-30)19-8-10-20(34-2)11-9-19/h4-11,21H,3,12-16H2,1-2H3,(H,26,32)(H,27,28,31)/t21-/m1/s1. The number of carbonyl (C=O) groups is 3. The number of anilines is 2. The van der Waals surface area contributed by atoms with Gasteiger partial charge in [0.2, 0.25) is 17.8 Å². The maximum absolute atomic E-state index is 12.8. The van der Waals surface area contributed by atoms with Crippen LogP contribution in [-0.2, 0) is 14.3 Å². The number of nitrogens with zero attached hydrogens (tertiary/aromatic N) is 3. The number of nitrogens with one attached hydrogen (secondary N) is 2. The number of rotatable bonds is 6. The van der Waals surface area contributed by atoms with Crippen molar-refractivity contribution in [3.63, 3.8) is 0 Å². The Labute approximate surface area is 203 Å². The minimum atomic E-state index is -0.830. The van der Waals surface area contributed by atoms with Crippen LogP contribution in [-0.4, -0.2) is 74.6 Å². The van der Waals surface area contributed by atoms with Gasteiger partial charge in [0.15, 0.2) is 0 Å². The molecule has 0 unspecified atom stereocenters. The van der Waals surface area contributed by atoms with E-state index in [1.807, 2.05) is 29.2 Å². The number of hydrogen-bond acceptors (Lipinski definition) is 8. The van der Waals surface area contributed by atoms with Crippen molar-refractivity contribution in [2.45, 2.75) is 19.4 Å². The molecule has 2 N–H and O–H groups in total. The number of amides is 2. The Balaban J connectivity index is 1.36. The topological polar surface area (TPSA) is 113 Å². The van der Waals surface area contributed by atoms with Gasteiger partial charge < -0.3 is 24.6 Å². The molecular formula is C25H29N5O5. The lowest BCUT2D eigenvalue weighted by Crippen LogP contribution is -2.56. The molecule has 1 saturated heterocycles. The van der Waals surface area contributed by atoms with Crippen molar-refractivity contribution in [1.29, 1.82) is 0 Å². The van der Waals surface area contributed by atoms with Crippen LogP contribution in [0.25, 0.3) is 0 Å². The molecule has 0 bridgehead atoms. The van der Waals surface area contributed by atoms with Crippen LogP contribution in [0.4, 0.5) is 11.4 Å². The lowest BCUT2D eigenvalue weighted by molar-refractivity contribution is -0.125. The molecule has 0 saturated carbocycles. The van der Waals surface area contributed by atoms with Crippen LogP contribution >= 0.6 is 0 Å². The highest BCUT2D eigenvalue weighted by Gasteiger charge is 2.30. The van der Waals surface area contributed by atoms with E-state index in [1.54, 1.807) is 38.3 Å². The molecule has 184 valence electrons. The molecule has 2 aromatic rings. The average molecular weight is 480 g/mol. The summed E-state index contributed by atoms with van der Waals surface area (Å²) in [6.07, 6.45) is -0.0257. The molecule has 2 aliphatic heterocycles. The van der Waals surface area contributed by atoms with Crippen LogP contribution in [0.3, 0.4) is 0 Å². The summed E-state index contributed by atoms with van der Waals surface area (Å²) in [7, 11) is 1.64. The molecule has 35 heavy (non-hydrogen) atoms. The van der Waals surface area contributed by atoms with Crippen LogP contribution in [0.1, 0.15) is 23.7 Å². The number of aliphatic imine (C=N–C) groups is 1. The molecule has 0 aliphatic carbocycles. The van der Waals surface area contributed by atoms with E-state index in [4.69, 9.17) is 9.47 Å². The van der Waals surface area contributed by atoms with Gasteiger partial charge in [-0.15, -0.1) is 0 Å². The van der Waals surface area contributed by atoms with E-state index in [1.165, 1.54) is 0 Å². The van der Waals surface area contributed by atoms with Gasteiger partial charge in [-0.3, -0.25) is 14.9 Å². The fourth-order valence-electron chi connectivity index (χ4n) is 3.99. The average Bonchev–Trinajstić information content (AvgIpc) is 2.89. The van der Waals surface area contributed by atoms with Crippen LogP contribution in [0.5, 0.6) is 5.75 Å². The molecule has 10 nitrogen and oxygen atoms in total. The summed E-state index contributed by atoms with van der Waals surface area (Å²) < 4.78 is 10.2. The lowest BCUT2D eigenvalue weighted by atomic mass is 10.1. The Morgan fingerprint density at radius 2 is 1.69 bits per heavy atom. The molecule has 1 atom stereocenters. The molecule has 10 heteroatoms. The maximum atomic E-state index is 12.8. The van der Waals surface area contributed by atoms with Crippen molar-refractivity contribution in [3.8, 4) is 5.75 Å². The molecule has 2 aromatic carbocycles. The fraction of sp³-hybridized carbons (Fsp3) is 0.360. The summed E-state index contributed by atoms with van der Waals surface area (Å²) in [5.41, 5.74) is 2.01. The number of carbonyl (C=O) groups excluding carboxylic acids is 3. The van der Waals surface area contributed by atoms with Gasteiger partial charge in [0.05, 0.1) is 25.7 Å². The highest BCUT2D eigenvalue weighted by molar-refractivity contribution is 6.06. The molecule has 2 aliphatic rings. The monoisotopic (exact) mass is 479 g/mol. The van der Waals surface area contributed by atoms with Gasteiger partial charge in [-0.05, 0) is 55.5 Å². The largest absolute Gasteiger partial charge is 0.497 e. The summed E-state index contributed by atoms with van der Waals surface area (Å²) in [4.78, 5) is 45.7. The summed E-state index contributed by atoms with van der Waals surface area (Å²) in [5.74, 6) is 0.193. The first-order chi connectivity index (χ1) is 17.0. The molecule has 0 radical (unpaired) electrons. The number of benzene rings is 2. The van der Waals surface area contributed by atoms with Gasteiger partial charge in [-0.25, -0.2) is 9.79 Å². The molecule has 4 rings (SSSR count). The maximum Gasteiger partial charge on any atom is 0.338 e. The van der Waals surface area contributed by atoms with Gasteiger partial charge in [-0.2, -0.15) is 0 Å². The smallest absolute Gasteiger partial charge is 0.338 e. The predicted molar refractivity (Wildman–Crippen MR) is 132 cm³/mol. The zero-order valence-corrected chi connectivity index (χ0v) is 19.8. The number of methoxy groups -OCH3 is 1. The quantitative estimate of drug-likeness (QED) is 0.609. The summed E-state index contributed by atoms with van der Waals surface area (Å²) >= 11 is 0. The number of piperazine rings is 1. The third-order valence-corrected chi connectivity index (χ3v) is 5.89. The van der Waals surface area contributed by atoms with Crippen LogP contribution in [0, 0.1) is 0 Å². The van der Waals surface area contributed by atoms with E-state index in [-0.39, 0.29) is 24.8 Å². The lowest BCUT2D eigenvalue weighted by Gasteiger charge is -2.38. The molecule has 0 spiro atoms. The van der Waals surface area contributed by atoms with Crippen molar-refractivity contribution >= 4 is 35.1 Å². The second kappa shape index (κ2) is 10.9. The normalized spacial score (nSPS) is 17.8. The van der Waals surface area contributed by atoms with Crippen LogP contribution < -0.4 is 20.3 Å². The van der Waals surface area contributed by atoms with Gasteiger partial charge in [0.25, 0.3) is 0 Å². The summed E-state index contributed by atoms with van der Waals surface area (Å²) in [6, 6.07) is 13.5. The second-order valence-corrected chi connectivity index (χ2v) is 8.18. The number of guanidine groups is 1. The Hall–Kier alpha value is -4.08. The molecule has 2 amide bonds. The number of ether oxygens (including phenoxy) is 2. The molecule has 1 fully saturated rings. The Kier molecular flexibility index (Phi) is 7.49. The summed E-state index contributed by atoms with van der Waals surface area (Å²) in [5, 5.41) is 5.58. The van der Waals surface area contributed by atoms with E-state index >= 15 is 0 Å².